The number of carbonyl (C=O) groups is 1. The van der Waals surface area contributed by atoms with Crippen molar-refractivity contribution in [1.82, 2.24) is 10.3 Å². The summed E-state index contributed by atoms with van der Waals surface area (Å²) in [5.41, 5.74) is 0.131. The van der Waals surface area contributed by atoms with Crippen LogP contribution in [0.2, 0.25) is 0 Å². The van der Waals surface area contributed by atoms with E-state index in [1.165, 1.54) is 6.39 Å². The molecule has 0 aliphatic carbocycles. The minimum atomic E-state index is -0.522. The predicted molar refractivity (Wildman–Crippen MR) is 90.0 cm³/mol. The summed E-state index contributed by atoms with van der Waals surface area (Å²) >= 11 is 0. The lowest BCUT2D eigenvalue weighted by Gasteiger charge is -2.19. The molecule has 0 radical (unpaired) electrons. The van der Waals surface area contributed by atoms with Gasteiger partial charge in [0.05, 0.1) is 12.7 Å². The maximum absolute atomic E-state index is 11.7. The third-order valence-corrected chi connectivity index (χ3v) is 2.83. The zero-order valence-corrected chi connectivity index (χ0v) is 14.2. The molecule has 0 saturated heterocycles. The van der Waals surface area contributed by atoms with Gasteiger partial charge in [-0.2, -0.15) is 0 Å². The third kappa shape index (κ3) is 6.70. The minimum Gasteiger partial charge on any atom is -0.492 e. The fraction of sp³-hybridized carbons (Fsp3) is 0.412. The Kier molecular flexibility index (Phi) is 6.20. The van der Waals surface area contributed by atoms with Crippen molar-refractivity contribution < 1.29 is 18.7 Å². The quantitative estimate of drug-likeness (QED) is 0.757. The van der Waals surface area contributed by atoms with Crippen molar-refractivity contribution in [3.8, 4) is 5.75 Å². The molecule has 0 aliphatic rings. The second-order valence-electron chi connectivity index (χ2n) is 6.14. The third-order valence-electron chi connectivity index (χ3n) is 2.83. The zero-order valence-electron chi connectivity index (χ0n) is 14.2. The number of nitrogens with zero attached hydrogens (tertiary/aromatic N) is 1. The number of ether oxygens (including phenoxy) is 2. The van der Waals surface area contributed by atoms with Crippen LogP contribution in [0.4, 0.5) is 10.5 Å². The normalized spacial score (nSPS) is 11.1. The van der Waals surface area contributed by atoms with Crippen LogP contribution in [0.15, 0.2) is 41.3 Å². The van der Waals surface area contributed by atoms with E-state index in [4.69, 9.17) is 13.9 Å². The van der Waals surface area contributed by atoms with Crippen molar-refractivity contribution in [2.24, 2.45) is 0 Å². The molecule has 0 atom stereocenters. The van der Waals surface area contributed by atoms with Crippen LogP contribution in [0.25, 0.3) is 0 Å². The lowest BCUT2D eigenvalue weighted by atomic mass is 10.2. The monoisotopic (exact) mass is 333 g/mol. The van der Waals surface area contributed by atoms with Crippen LogP contribution in [-0.2, 0) is 11.3 Å². The van der Waals surface area contributed by atoms with Crippen molar-refractivity contribution in [3.05, 3.63) is 42.6 Å². The number of hydrogen-bond donors (Lipinski definition) is 2. The number of carbonyl (C=O) groups excluding carboxylic acids is 1. The highest BCUT2D eigenvalue weighted by molar-refractivity contribution is 5.84. The Labute approximate surface area is 141 Å². The van der Waals surface area contributed by atoms with Gasteiger partial charge in [-0.1, -0.05) is 0 Å². The highest BCUT2D eigenvalue weighted by Crippen LogP contribution is 2.16. The topological polar surface area (TPSA) is 85.6 Å². The van der Waals surface area contributed by atoms with E-state index in [9.17, 15) is 4.79 Å². The summed E-state index contributed by atoms with van der Waals surface area (Å²) in [4.78, 5) is 15.5. The van der Waals surface area contributed by atoms with Crippen LogP contribution in [0.3, 0.4) is 0 Å². The van der Waals surface area contributed by atoms with Gasteiger partial charge in [0.1, 0.15) is 23.7 Å². The fourth-order valence-electron chi connectivity index (χ4n) is 1.84. The Morgan fingerprint density at radius 1 is 1.25 bits per heavy atom. The number of amides is 1. The SMILES string of the molecule is CC(C)(C)OC(=O)Nc1ccc(OCCNCc2cnco2)cc1. The highest BCUT2D eigenvalue weighted by Gasteiger charge is 2.16. The second-order valence-corrected chi connectivity index (χ2v) is 6.14. The van der Waals surface area contributed by atoms with E-state index in [-0.39, 0.29) is 0 Å². The maximum Gasteiger partial charge on any atom is 0.412 e. The van der Waals surface area contributed by atoms with E-state index < -0.39 is 11.7 Å². The Balaban J connectivity index is 1.67. The predicted octanol–water partition coefficient (Wildman–Crippen LogP) is 3.19. The Bertz CT molecular complexity index is 618. The molecule has 7 nitrogen and oxygen atoms in total. The van der Waals surface area contributed by atoms with Gasteiger partial charge in [-0.3, -0.25) is 5.32 Å². The molecule has 1 aromatic heterocycles. The van der Waals surface area contributed by atoms with Crippen LogP contribution >= 0.6 is 0 Å². The Morgan fingerprint density at radius 3 is 2.62 bits per heavy atom. The van der Waals surface area contributed by atoms with Gasteiger partial charge in [0, 0.05) is 12.2 Å². The van der Waals surface area contributed by atoms with Crippen molar-refractivity contribution in [2.45, 2.75) is 32.9 Å². The number of hydrogen-bond acceptors (Lipinski definition) is 6. The molecular formula is C17H23N3O4. The number of aromatic nitrogens is 1. The lowest BCUT2D eigenvalue weighted by molar-refractivity contribution is 0.0636. The molecule has 0 aliphatic heterocycles. The molecule has 0 unspecified atom stereocenters. The van der Waals surface area contributed by atoms with E-state index in [1.807, 2.05) is 20.8 Å². The minimum absolute atomic E-state index is 0.479. The van der Waals surface area contributed by atoms with Crippen molar-refractivity contribution in [2.75, 3.05) is 18.5 Å². The van der Waals surface area contributed by atoms with Crippen molar-refractivity contribution in [1.29, 1.82) is 0 Å². The molecule has 2 rings (SSSR count). The number of nitrogens with one attached hydrogen (secondary N) is 2. The number of anilines is 1. The summed E-state index contributed by atoms with van der Waals surface area (Å²) in [5, 5.41) is 5.86. The molecular weight excluding hydrogens is 310 g/mol. The standard InChI is InChI=1S/C17H23N3O4/c1-17(2,3)24-16(21)20-13-4-6-14(7-5-13)22-9-8-18-10-15-11-19-12-23-15/h4-7,11-12,18H,8-10H2,1-3H3,(H,20,21). The average Bonchev–Trinajstić information content (AvgIpc) is 3.00. The second kappa shape index (κ2) is 8.35. The smallest absolute Gasteiger partial charge is 0.412 e. The summed E-state index contributed by atoms with van der Waals surface area (Å²) in [6, 6.07) is 7.12. The highest BCUT2D eigenvalue weighted by atomic mass is 16.6. The molecule has 0 fully saturated rings. The van der Waals surface area contributed by atoms with Gasteiger partial charge < -0.3 is 19.2 Å². The Morgan fingerprint density at radius 2 is 2.00 bits per heavy atom. The van der Waals surface area contributed by atoms with Crippen LogP contribution in [0, 0.1) is 0 Å². The molecule has 0 saturated carbocycles. The van der Waals surface area contributed by atoms with Crippen LogP contribution in [0.5, 0.6) is 5.75 Å². The summed E-state index contributed by atoms with van der Waals surface area (Å²) in [7, 11) is 0. The van der Waals surface area contributed by atoms with Crippen LogP contribution < -0.4 is 15.4 Å². The van der Waals surface area contributed by atoms with E-state index in [0.29, 0.717) is 25.4 Å². The number of benzene rings is 1. The van der Waals surface area contributed by atoms with Gasteiger partial charge in [0.25, 0.3) is 0 Å². The molecule has 0 spiro atoms. The fourth-order valence-corrected chi connectivity index (χ4v) is 1.84. The Hall–Kier alpha value is -2.54. The molecule has 2 aromatic rings. The zero-order chi connectivity index (χ0) is 17.4. The molecule has 1 amide bonds. The van der Waals surface area contributed by atoms with Crippen molar-refractivity contribution in [3.63, 3.8) is 0 Å². The summed E-state index contributed by atoms with van der Waals surface area (Å²) in [6.45, 7) is 7.27. The van der Waals surface area contributed by atoms with E-state index in [2.05, 4.69) is 15.6 Å². The lowest BCUT2D eigenvalue weighted by Crippen LogP contribution is -2.27. The summed E-state index contributed by atoms with van der Waals surface area (Å²) in [5.74, 6) is 1.51. The first-order valence-corrected chi connectivity index (χ1v) is 7.73. The van der Waals surface area contributed by atoms with E-state index >= 15 is 0 Å². The molecule has 7 heteroatoms. The number of oxazole rings is 1. The maximum atomic E-state index is 11.7. The summed E-state index contributed by atoms with van der Waals surface area (Å²) < 4.78 is 15.9. The molecule has 2 N–H and O–H groups in total. The van der Waals surface area contributed by atoms with Gasteiger partial charge in [-0.15, -0.1) is 0 Å². The van der Waals surface area contributed by atoms with Crippen molar-refractivity contribution >= 4 is 11.8 Å². The molecule has 1 aromatic carbocycles. The van der Waals surface area contributed by atoms with Gasteiger partial charge >= 0.3 is 6.09 Å². The molecule has 1 heterocycles. The van der Waals surface area contributed by atoms with Gasteiger partial charge in [0.15, 0.2) is 6.39 Å². The average molecular weight is 333 g/mol. The van der Waals surface area contributed by atoms with E-state index in [1.54, 1.807) is 30.5 Å². The molecule has 24 heavy (non-hydrogen) atoms. The van der Waals surface area contributed by atoms with Gasteiger partial charge in [0.2, 0.25) is 0 Å². The van der Waals surface area contributed by atoms with E-state index in [0.717, 1.165) is 11.5 Å². The first kappa shape index (κ1) is 17.8. The molecule has 0 bridgehead atoms. The van der Waals surface area contributed by atoms with Crippen LogP contribution in [-0.4, -0.2) is 29.8 Å². The first-order chi connectivity index (χ1) is 11.4. The van der Waals surface area contributed by atoms with Crippen LogP contribution in [0.1, 0.15) is 26.5 Å². The molecule has 130 valence electrons. The summed E-state index contributed by atoms with van der Waals surface area (Å²) in [6.07, 6.45) is 2.60. The number of rotatable bonds is 7. The van der Waals surface area contributed by atoms with Gasteiger partial charge in [-0.05, 0) is 45.0 Å². The largest absolute Gasteiger partial charge is 0.492 e. The first-order valence-electron chi connectivity index (χ1n) is 7.73. The van der Waals surface area contributed by atoms with Gasteiger partial charge in [-0.25, -0.2) is 9.78 Å².